The average Bonchev–Trinajstić information content (AvgIpc) is 2.61. The van der Waals surface area contributed by atoms with Crippen LogP contribution in [0.25, 0.3) is 0 Å². The van der Waals surface area contributed by atoms with Crippen LogP contribution in [-0.2, 0) is 19.6 Å². The predicted octanol–water partition coefficient (Wildman–Crippen LogP) is 2.74. The minimum Gasteiger partial charge on any atom is -0.462 e. The third kappa shape index (κ3) is 3.42. The molecule has 0 radical (unpaired) electrons. The largest absolute Gasteiger partial charge is 0.462 e. The van der Waals surface area contributed by atoms with Crippen LogP contribution in [0.15, 0.2) is 41.4 Å². The number of amides is 2. The average molecular weight is 407 g/mol. The number of urea groups is 1. The summed E-state index contributed by atoms with van der Waals surface area (Å²) < 4.78 is 44.9. The van der Waals surface area contributed by atoms with Crippen LogP contribution in [0.4, 0.5) is 20.7 Å². The summed E-state index contributed by atoms with van der Waals surface area (Å²) in [6, 6.07) is 5.59. The number of benzene rings is 1. The summed E-state index contributed by atoms with van der Waals surface area (Å²) in [4.78, 5) is 29.9. The Balaban J connectivity index is 2.13. The van der Waals surface area contributed by atoms with Gasteiger partial charge >= 0.3 is 12.0 Å². The maximum atomic E-state index is 13.7. The Kier molecular flexibility index (Phi) is 5.07. The van der Waals surface area contributed by atoms with E-state index in [4.69, 9.17) is 4.74 Å². The highest BCUT2D eigenvalue weighted by Crippen LogP contribution is 2.37. The van der Waals surface area contributed by atoms with Gasteiger partial charge in [-0.25, -0.2) is 31.8 Å². The van der Waals surface area contributed by atoms with Gasteiger partial charge in [0.1, 0.15) is 17.3 Å². The number of aryl methyl sites for hydroxylation is 1. The molecule has 2 aromatic rings. The number of hydrogen-bond acceptors (Lipinski definition) is 6. The van der Waals surface area contributed by atoms with E-state index in [1.165, 1.54) is 43.5 Å². The van der Waals surface area contributed by atoms with Crippen LogP contribution >= 0.6 is 0 Å². The van der Waals surface area contributed by atoms with E-state index in [0.29, 0.717) is 4.31 Å². The number of fused-ring (bicyclic) bond motifs is 1. The molecule has 2 heterocycles. The monoisotopic (exact) mass is 407 g/mol. The Morgan fingerprint density at radius 1 is 1.29 bits per heavy atom. The van der Waals surface area contributed by atoms with Crippen molar-refractivity contribution >= 4 is 33.5 Å². The van der Waals surface area contributed by atoms with E-state index in [0.717, 1.165) is 4.90 Å². The van der Waals surface area contributed by atoms with Crippen molar-refractivity contribution in [3.8, 4) is 0 Å². The van der Waals surface area contributed by atoms with Crippen LogP contribution in [0.3, 0.4) is 0 Å². The molecule has 0 saturated heterocycles. The van der Waals surface area contributed by atoms with Crippen LogP contribution in [0.5, 0.6) is 0 Å². The molecule has 8 nitrogen and oxygen atoms in total. The van der Waals surface area contributed by atoms with Crippen molar-refractivity contribution in [3.63, 3.8) is 0 Å². The van der Waals surface area contributed by atoms with Crippen LogP contribution in [-0.4, -0.2) is 42.4 Å². The molecule has 28 heavy (non-hydrogen) atoms. The van der Waals surface area contributed by atoms with Gasteiger partial charge in [-0.3, -0.25) is 4.79 Å². The topological polar surface area (TPSA) is 96.9 Å². The van der Waals surface area contributed by atoms with Crippen molar-refractivity contribution in [2.24, 2.45) is 0 Å². The molecule has 148 valence electrons. The molecule has 0 spiro atoms. The number of esters is 1. The first-order valence-electron chi connectivity index (χ1n) is 8.40. The summed E-state index contributed by atoms with van der Waals surface area (Å²) in [5.74, 6) is -1.46. The lowest BCUT2D eigenvalue weighted by atomic mass is 10.2. The molecule has 10 heteroatoms. The quantitative estimate of drug-likeness (QED) is 0.723. The first-order valence-corrected chi connectivity index (χ1v) is 9.84. The number of rotatable bonds is 4. The molecule has 0 unspecified atom stereocenters. The van der Waals surface area contributed by atoms with Gasteiger partial charge in [0.05, 0.1) is 11.8 Å². The third-order valence-electron chi connectivity index (χ3n) is 3.97. The SMILES string of the molecule is Cc1cc(N2C(=O)N(CC(=O)OC(C)C)S(=O)(=O)c3cccnc32)ccc1F. The van der Waals surface area contributed by atoms with Gasteiger partial charge in [0, 0.05) is 6.20 Å². The van der Waals surface area contributed by atoms with Gasteiger partial charge in [-0.05, 0) is 56.7 Å². The van der Waals surface area contributed by atoms with Crippen molar-refractivity contribution in [1.82, 2.24) is 9.29 Å². The highest BCUT2D eigenvalue weighted by atomic mass is 32.2. The lowest BCUT2D eigenvalue weighted by Gasteiger charge is -2.34. The number of sulfonamides is 1. The third-order valence-corrected chi connectivity index (χ3v) is 5.71. The zero-order valence-corrected chi connectivity index (χ0v) is 16.2. The maximum absolute atomic E-state index is 13.7. The molecule has 0 fully saturated rings. The van der Waals surface area contributed by atoms with Gasteiger partial charge in [0.2, 0.25) is 0 Å². The number of aromatic nitrogens is 1. The molecule has 0 N–H and O–H groups in total. The Bertz CT molecular complexity index is 1050. The van der Waals surface area contributed by atoms with Crippen molar-refractivity contribution in [1.29, 1.82) is 0 Å². The molecule has 0 saturated carbocycles. The predicted molar refractivity (Wildman–Crippen MR) is 98.0 cm³/mol. The van der Waals surface area contributed by atoms with E-state index in [9.17, 15) is 22.4 Å². The maximum Gasteiger partial charge on any atom is 0.344 e. The fourth-order valence-corrected chi connectivity index (χ4v) is 4.17. The van der Waals surface area contributed by atoms with Crippen molar-refractivity contribution in [3.05, 3.63) is 47.9 Å². The zero-order chi connectivity index (χ0) is 20.6. The summed E-state index contributed by atoms with van der Waals surface area (Å²) in [6.45, 7) is 3.94. The summed E-state index contributed by atoms with van der Waals surface area (Å²) in [5, 5.41) is 0. The van der Waals surface area contributed by atoms with E-state index in [2.05, 4.69) is 4.98 Å². The minimum atomic E-state index is -4.32. The molecule has 2 amide bonds. The molecule has 1 aliphatic rings. The Hall–Kier alpha value is -3.01. The summed E-state index contributed by atoms with van der Waals surface area (Å²) in [7, 11) is -4.32. The molecule has 1 aromatic heterocycles. The number of carbonyl (C=O) groups is 2. The Morgan fingerprint density at radius 3 is 2.64 bits per heavy atom. The highest BCUT2D eigenvalue weighted by Gasteiger charge is 2.44. The number of nitrogens with zero attached hydrogens (tertiary/aromatic N) is 3. The van der Waals surface area contributed by atoms with E-state index in [-0.39, 0.29) is 22.0 Å². The van der Waals surface area contributed by atoms with Gasteiger partial charge in [-0.2, -0.15) is 0 Å². The first-order chi connectivity index (χ1) is 13.1. The lowest BCUT2D eigenvalue weighted by molar-refractivity contribution is -0.147. The molecule has 1 aromatic carbocycles. The molecule has 1 aliphatic heterocycles. The van der Waals surface area contributed by atoms with Crippen LogP contribution in [0.1, 0.15) is 19.4 Å². The number of pyridine rings is 1. The molecular formula is C18H18FN3O5S. The summed E-state index contributed by atoms with van der Waals surface area (Å²) in [6.07, 6.45) is 0.869. The molecule has 0 atom stereocenters. The smallest absolute Gasteiger partial charge is 0.344 e. The van der Waals surface area contributed by atoms with Gasteiger partial charge in [-0.1, -0.05) is 0 Å². The molecule has 3 rings (SSSR count). The van der Waals surface area contributed by atoms with Crippen molar-refractivity contribution in [2.45, 2.75) is 31.8 Å². The number of carbonyl (C=O) groups excluding carboxylic acids is 2. The minimum absolute atomic E-state index is 0.119. The fourth-order valence-electron chi connectivity index (χ4n) is 2.75. The second-order valence-electron chi connectivity index (χ2n) is 6.43. The van der Waals surface area contributed by atoms with Gasteiger partial charge in [-0.15, -0.1) is 0 Å². The van der Waals surface area contributed by atoms with Crippen molar-refractivity contribution in [2.75, 3.05) is 11.4 Å². The van der Waals surface area contributed by atoms with E-state index in [1.54, 1.807) is 13.8 Å². The van der Waals surface area contributed by atoms with Gasteiger partial charge in [0.15, 0.2) is 5.82 Å². The Morgan fingerprint density at radius 2 is 2.00 bits per heavy atom. The number of halogens is 1. The van der Waals surface area contributed by atoms with Gasteiger partial charge in [0.25, 0.3) is 10.0 Å². The standard InChI is InChI=1S/C18H18FN3O5S/c1-11(2)27-16(23)10-21-18(24)22(13-6-7-14(19)12(3)9-13)17-15(28(21,25)26)5-4-8-20-17/h4-9,11H,10H2,1-3H3. The second kappa shape index (κ2) is 7.19. The van der Waals surface area contributed by atoms with Crippen LogP contribution < -0.4 is 4.90 Å². The second-order valence-corrected chi connectivity index (χ2v) is 8.26. The van der Waals surface area contributed by atoms with E-state index >= 15 is 0 Å². The highest BCUT2D eigenvalue weighted by molar-refractivity contribution is 7.90. The van der Waals surface area contributed by atoms with Crippen molar-refractivity contribution < 1.29 is 27.1 Å². The summed E-state index contributed by atoms with van der Waals surface area (Å²) >= 11 is 0. The van der Waals surface area contributed by atoms with Crippen LogP contribution in [0, 0.1) is 12.7 Å². The summed E-state index contributed by atoms with van der Waals surface area (Å²) in [5.41, 5.74) is 0.489. The first kappa shape index (κ1) is 19.7. The molecular weight excluding hydrogens is 389 g/mol. The lowest BCUT2D eigenvalue weighted by Crippen LogP contribution is -2.51. The van der Waals surface area contributed by atoms with Crippen LogP contribution in [0.2, 0.25) is 0 Å². The number of hydrogen-bond donors (Lipinski definition) is 0. The number of anilines is 2. The normalized spacial score (nSPS) is 15.5. The number of ether oxygens (including phenoxy) is 1. The van der Waals surface area contributed by atoms with E-state index < -0.39 is 40.5 Å². The molecule has 0 bridgehead atoms. The Labute approximate surface area is 161 Å². The van der Waals surface area contributed by atoms with E-state index in [1.807, 2.05) is 0 Å². The fraction of sp³-hybridized carbons (Fsp3) is 0.278. The molecule has 0 aliphatic carbocycles. The van der Waals surface area contributed by atoms with Gasteiger partial charge < -0.3 is 4.74 Å². The zero-order valence-electron chi connectivity index (χ0n) is 15.4.